The van der Waals surface area contributed by atoms with Crippen LogP contribution < -0.4 is 21.3 Å². The van der Waals surface area contributed by atoms with Gasteiger partial charge in [0, 0.05) is 37.4 Å². The first-order chi connectivity index (χ1) is 17.4. The van der Waals surface area contributed by atoms with Crippen molar-refractivity contribution in [3.05, 3.63) is 29.8 Å². The van der Waals surface area contributed by atoms with Crippen LogP contribution in [0.4, 0.5) is 5.69 Å². The van der Waals surface area contributed by atoms with Gasteiger partial charge in [-0.15, -0.1) is 0 Å². The molecule has 37 heavy (non-hydrogen) atoms. The minimum atomic E-state index is -1.64. The molecule has 0 radical (unpaired) electrons. The number of halogens is 1. The van der Waals surface area contributed by atoms with Gasteiger partial charge in [0.15, 0.2) is 5.12 Å². The van der Waals surface area contributed by atoms with E-state index < -0.39 is 48.2 Å². The normalized spacial score (nSPS) is 11.9. The molecular weight excluding hydrogens is 576 g/mol. The highest BCUT2D eigenvalue weighted by Gasteiger charge is 2.26. The van der Waals surface area contributed by atoms with Crippen molar-refractivity contribution in [3.63, 3.8) is 0 Å². The molecule has 6 N–H and O–H groups in total. The van der Waals surface area contributed by atoms with Crippen LogP contribution in [-0.4, -0.2) is 80.6 Å². The molecule has 0 aliphatic rings. The summed E-state index contributed by atoms with van der Waals surface area (Å²) in [6, 6.07) is 4.09. The van der Waals surface area contributed by atoms with E-state index in [0.717, 1.165) is 11.8 Å². The van der Waals surface area contributed by atoms with Gasteiger partial charge in [0.1, 0.15) is 6.04 Å². The van der Waals surface area contributed by atoms with Crippen molar-refractivity contribution < 1.29 is 43.8 Å². The lowest BCUT2D eigenvalue weighted by Crippen LogP contribution is -2.52. The summed E-state index contributed by atoms with van der Waals surface area (Å²) in [4.78, 5) is 81.0. The van der Waals surface area contributed by atoms with E-state index in [1.54, 1.807) is 12.1 Å². The first-order valence-corrected chi connectivity index (χ1v) is 12.9. The van der Waals surface area contributed by atoms with Crippen molar-refractivity contribution in [2.45, 2.75) is 38.3 Å². The van der Waals surface area contributed by atoms with Crippen LogP contribution in [0.25, 0.3) is 0 Å². The lowest BCUT2D eigenvalue weighted by atomic mass is 10.1. The molecule has 1 aromatic carbocycles. The molecule has 0 spiro atoms. The van der Waals surface area contributed by atoms with Gasteiger partial charge < -0.3 is 31.5 Å². The summed E-state index contributed by atoms with van der Waals surface area (Å²) in [5.41, 5.74) is 0.913. The molecule has 0 aliphatic heterocycles. The number of nitrogens with one attached hydrogen (secondary N) is 4. The zero-order valence-electron chi connectivity index (χ0n) is 19.7. The van der Waals surface area contributed by atoms with E-state index in [-0.39, 0.29) is 47.2 Å². The summed E-state index contributed by atoms with van der Waals surface area (Å²) in [6.45, 7) is 1.35. The van der Waals surface area contributed by atoms with Gasteiger partial charge in [-0.2, -0.15) is 0 Å². The summed E-state index contributed by atoms with van der Waals surface area (Å²) < 4.78 is 0. The Morgan fingerprint density at radius 2 is 1.62 bits per heavy atom. The molecule has 0 fully saturated rings. The third-order valence-corrected chi connectivity index (χ3v) is 6.03. The van der Waals surface area contributed by atoms with Crippen LogP contribution in [0.5, 0.6) is 0 Å². The van der Waals surface area contributed by atoms with Crippen LogP contribution in [0, 0.1) is 0 Å². The molecule has 15 heteroatoms. The fourth-order valence-electron chi connectivity index (χ4n) is 2.88. The molecule has 0 saturated heterocycles. The topological polar surface area (TPSA) is 208 Å². The standard InChI is InChI=1S/C22H27BrN4O9S/c1-12(28)37-11-15(8-13-2-4-14(5-3-13)25-21(34)22(35)36)26-20(33)16(9-19(31)32)27-17(29)6-7-24-18(30)10-23/h2-5,15-16H,6-11H2,1H3,(H,24,30)(H,25,34)(H,26,33)(H,27,29)(H,31,32)(H,35,36)/t15-,16+/m1/s1. The molecule has 202 valence electrons. The predicted molar refractivity (Wildman–Crippen MR) is 137 cm³/mol. The van der Waals surface area contributed by atoms with Crippen LogP contribution >= 0.6 is 27.7 Å². The second kappa shape index (κ2) is 16.3. The summed E-state index contributed by atoms with van der Waals surface area (Å²) in [6.07, 6.45) is -0.641. The number of hydrogen-bond acceptors (Lipinski definition) is 8. The fourth-order valence-corrected chi connectivity index (χ4v) is 3.71. The second-order valence-corrected chi connectivity index (χ2v) is 9.38. The van der Waals surface area contributed by atoms with Gasteiger partial charge in [0.05, 0.1) is 11.8 Å². The molecule has 0 bridgehead atoms. The molecular formula is C22H27BrN4O9S. The van der Waals surface area contributed by atoms with Crippen LogP contribution in [0.2, 0.25) is 0 Å². The number of amides is 4. The molecule has 0 heterocycles. The van der Waals surface area contributed by atoms with E-state index in [1.807, 2.05) is 0 Å². The molecule has 4 amide bonds. The molecule has 0 unspecified atom stereocenters. The SMILES string of the molecule is CC(=O)SC[C@@H](Cc1ccc(NC(=O)C(=O)O)cc1)NC(=O)[C@H](CC(=O)O)NC(=O)CCNC(=O)CBr. The summed E-state index contributed by atoms with van der Waals surface area (Å²) in [5, 5.41) is 27.4. The first-order valence-electron chi connectivity index (χ1n) is 10.8. The Morgan fingerprint density at radius 1 is 0.973 bits per heavy atom. The number of rotatable bonds is 14. The van der Waals surface area contributed by atoms with E-state index in [1.165, 1.54) is 19.1 Å². The van der Waals surface area contributed by atoms with Gasteiger partial charge in [-0.3, -0.25) is 28.8 Å². The van der Waals surface area contributed by atoms with Gasteiger partial charge in [0.25, 0.3) is 0 Å². The molecule has 0 aliphatic carbocycles. The number of carboxylic acids is 2. The Balaban J connectivity index is 2.88. The maximum absolute atomic E-state index is 12.9. The van der Waals surface area contributed by atoms with Crippen LogP contribution in [0.15, 0.2) is 24.3 Å². The van der Waals surface area contributed by atoms with Gasteiger partial charge in [-0.05, 0) is 24.1 Å². The highest BCUT2D eigenvalue weighted by molar-refractivity contribution is 9.09. The van der Waals surface area contributed by atoms with E-state index in [4.69, 9.17) is 5.11 Å². The highest BCUT2D eigenvalue weighted by atomic mass is 79.9. The van der Waals surface area contributed by atoms with E-state index in [2.05, 4.69) is 37.2 Å². The smallest absolute Gasteiger partial charge is 0.394 e. The third-order valence-electron chi connectivity index (χ3n) is 4.55. The Bertz CT molecular complexity index is 1020. The second-order valence-electron chi connectivity index (χ2n) is 7.62. The minimum Gasteiger partial charge on any atom is -0.481 e. The summed E-state index contributed by atoms with van der Waals surface area (Å²) >= 11 is 3.91. The van der Waals surface area contributed by atoms with Gasteiger partial charge in [-0.1, -0.05) is 39.8 Å². The first kappa shape index (κ1) is 31.6. The van der Waals surface area contributed by atoms with Crippen LogP contribution in [0.3, 0.4) is 0 Å². The van der Waals surface area contributed by atoms with Crippen molar-refractivity contribution in [1.29, 1.82) is 0 Å². The van der Waals surface area contributed by atoms with Crippen molar-refractivity contribution in [1.82, 2.24) is 16.0 Å². The minimum absolute atomic E-state index is 0.00152. The van der Waals surface area contributed by atoms with E-state index in [9.17, 15) is 38.7 Å². The number of benzene rings is 1. The maximum atomic E-state index is 12.9. The lowest BCUT2D eigenvalue weighted by Gasteiger charge is -2.23. The fraction of sp³-hybridized carbons (Fsp3) is 0.409. The summed E-state index contributed by atoms with van der Waals surface area (Å²) in [5.74, 6) is -5.74. The van der Waals surface area contributed by atoms with Gasteiger partial charge in [-0.25, -0.2) is 4.79 Å². The van der Waals surface area contributed by atoms with E-state index >= 15 is 0 Å². The number of hydrogen-bond donors (Lipinski definition) is 6. The summed E-state index contributed by atoms with van der Waals surface area (Å²) in [7, 11) is 0. The highest BCUT2D eigenvalue weighted by Crippen LogP contribution is 2.14. The van der Waals surface area contributed by atoms with Crippen LogP contribution in [0.1, 0.15) is 25.3 Å². The number of thioether (sulfide) groups is 1. The Labute approximate surface area is 224 Å². The Morgan fingerprint density at radius 3 is 2.16 bits per heavy atom. The Kier molecular flexibility index (Phi) is 13.9. The number of carboxylic acid groups (broad SMARTS) is 2. The number of carbonyl (C=O) groups excluding carboxylic acids is 5. The number of carbonyl (C=O) groups is 7. The predicted octanol–water partition coefficient (Wildman–Crippen LogP) is -0.123. The largest absolute Gasteiger partial charge is 0.481 e. The zero-order valence-corrected chi connectivity index (χ0v) is 22.1. The Hall–Kier alpha value is -3.46. The average molecular weight is 603 g/mol. The van der Waals surface area contributed by atoms with Gasteiger partial charge in [0.2, 0.25) is 17.7 Å². The molecule has 2 atom stereocenters. The molecule has 0 aromatic heterocycles. The van der Waals surface area contributed by atoms with Crippen molar-refractivity contribution in [2.75, 3.05) is 22.9 Å². The monoisotopic (exact) mass is 602 g/mol. The van der Waals surface area contributed by atoms with Crippen molar-refractivity contribution in [2.24, 2.45) is 0 Å². The van der Waals surface area contributed by atoms with Gasteiger partial charge >= 0.3 is 17.8 Å². The number of anilines is 1. The zero-order chi connectivity index (χ0) is 28.0. The van der Waals surface area contributed by atoms with Crippen molar-refractivity contribution in [3.8, 4) is 0 Å². The molecule has 1 rings (SSSR count). The third kappa shape index (κ3) is 13.4. The average Bonchev–Trinajstić information content (AvgIpc) is 2.82. The molecule has 1 aromatic rings. The quantitative estimate of drug-likeness (QED) is 0.123. The van der Waals surface area contributed by atoms with Crippen LogP contribution in [-0.2, 0) is 40.0 Å². The lowest BCUT2D eigenvalue weighted by molar-refractivity contribution is -0.147. The maximum Gasteiger partial charge on any atom is 0.394 e. The number of alkyl halides is 1. The molecule has 0 saturated carbocycles. The van der Waals surface area contributed by atoms with E-state index in [0.29, 0.717) is 5.56 Å². The van der Waals surface area contributed by atoms with Crippen molar-refractivity contribution >= 4 is 74.1 Å². The number of aliphatic carboxylic acids is 2. The molecule has 13 nitrogen and oxygen atoms in total.